The van der Waals surface area contributed by atoms with Gasteiger partial charge in [-0.3, -0.25) is 0 Å². The van der Waals surface area contributed by atoms with Gasteiger partial charge in [-0.2, -0.15) is 0 Å². The Balaban J connectivity index is 2.56. The predicted octanol–water partition coefficient (Wildman–Crippen LogP) is 0.206. The highest BCUT2D eigenvalue weighted by Crippen LogP contribution is 2.06. The van der Waals surface area contributed by atoms with Crippen molar-refractivity contribution in [3.05, 3.63) is 0 Å². The first kappa shape index (κ1) is 5.69. The van der Waals surface area contributed by atoms with Gasteiger partial charge >= 0.3 is 6.03 Å². The van der Waals surface area contributed by atoms with Crippen molar-refractivity contribution in [3.63, 3.8) is 0 Å². The van der Waals surface area contributed by atoms with Crippen molar-refractivity contribution in [1.29, 1.82) is 0 Å². The number of nitrogens with zero attached hydrogens (tertiary/aromatic N) is 1. The van der Waals surface area contributed by atoms with E-state index in [-0.39, 0.29) is 11.5 Å². The van der Waals surface area contributed by atoms with E-state index in [2.05, 4.69) is 5.32 Å². The van der Waals surface area contributed by atoms with E-state index < -0.39 is 0 Å². The van der Waals surface area contributed by atoms with E-state index in [1.807, 2.05) is 0 Å². The van der Waals surface area contributed by atoms with Crippen LogP contribution in [0, 0.1) is 0 Å². The number of halogens is 1. The lowest BCUT2D eigenvalue weighted by Crippen LogP contribution is -2.26. The monoisotopic (exact) mass is 134 g/mol. The lowest BCUT2D eigenvalue weighted by atomic mass is 10.6. The Bertz CT molecular complexity index is 117. The molecule has 0 aliphatic carbocycles. The van der Waals surface area contributed by atoms with Gasteiger partial charge in [-0.05, 0) is 0 Å². The highest BCUT2D eigenvalue weighted by molar-refractivity contribution is 6.22. The smallest absolute Gasteiger partial charge is 0.318 e. The maximum absolute atomic E-state index is 10.5. The van der Waals surface area contributed by atoms with Crippen molar-refractivity contribution in [2.75, 3.05) is 13.6 Å². The second-order valence-electron chi connectivity index (χ2n) is 1.73. The Hall–Kier alpha value is -0.440. The molecule has 0 radical (unpaired) electrons. The Kier molecular flexibility index (Phi) is 1.29. The number of nitrogens with one attached hydrogen (secondary N) is 1. The molecule has 0 aromatic rings. The van der Waals surface area contributed by atoms with Crippen LogP contribution in [0.3, 0.4) is 0 Å². The highest BCUT2D eigenvalue weighted by Gasteiger charge is 2.24. The highest BCUT2D eigenvalue weighted by atomic mass is 35.5. The molecule has 1 rings (SSSR count). The first-order valence-electron chi connectivity index (χ1n) is 2.36. The number of hydrogen-bond donors (Lipinski definition) is 1. The number of urea groups is 1. The van der Waals surface area contributed by atoms with Crippen LogP contribution in [0.1, 0.15) is 0 Å². The summed E-state index contributed by atoms with van der Waals surface area (Å²) in [5, 5.41) is 2.57. The molecule has 1 saturated heterocycles. The molecule has 1 N–H and O–H groups in total. The first-order valence-corrected chi connectivity index (χ1v) is 2.80. The van der Waals surface area contributed by atoms with Crippen LogP contribution in [0.5, 0.6) is 0 Å². The van der Waals surface area contributed by atoms with Crippen LogP contribution in [0.25, 0.3) is 0 Å². The quantitative estimate of drug-likeness (QED) is 0.373. The van der Waals surface area contributed by atoms with Gasteiger partial charge in [0.1, 0.15) is 5.50 Å². The Morgan fingerprint density at radius 3 is 2.75 bits per heavy atom. The van der Waals surface area contributed by atoms with E-state index in [0.717, 1.165) is 0 Å². The zero-order valence-electron chi connectivity index (χ0n) is 4.52. The predicted molar refractivity (Wildman–Crippen MR) is 30.8 cm³/mol. The van der Waals surface area contributed by atoms with Gasteiger partial charge in [-0.15, -0.1) is 0 Å². The second-order valence-corrected chi connectivity index (χ2v) is 2.24. The number of likely N-dealkylation sites (N-methyl/N-ethyl adjacent to an activating group) is 1. The van der Waals surface area contributed by atoms with Crippen molar-refractivity contribution in [2.24, 2.45) is 0 Å². The number of carbonyl (C=O) groups is 1. The van der Waals surface area contributed by atoms with Crippen molar-refractivity contribution < 1.29 is 4.79 Å². The molecule has 3 nitrogen and oxygen atoms in total. The Morgan fingerprint density at radius 2 is 2.62 bits per heavy atom. The van der Waals surface area contributed by atoms with E-state index in [4.69, 9.17) is 11.6 Å². The van der Waals surface area contributed by atoms with E-state index in [1.165, 1.54) is 4.90 Å². The maximum Gasteiger partial charge on any atom is 0.318 e. The molecule has 0 spiro atoms. The zero-order valence-corrected chi connectivity index (χ0v) is 5.27. The largest absolute Gasteiger partial charge is 0.335 e. The maximum atomic E-state index is 10.5. The van der Waals surface area contributed by atoms with E-state index in [0.29, 0.717) is 6.54 Å². The second kappa shape index (κ2) is 1.82. The van der Waals surface area contributed by atoms with Gasteiger partial charge in [0, 0.05) is 7.05 Å². The molecule has 46 valence electrons. The van der Waals surface area contributed by atoms with Crippen LogP contribution in [0.2, 0.25) is 0 Å². The molecule has 8 heavy (non-hydrogen) atoms. The molecule has 1 unspecified atom stereocenters. The minimum atomic E-state index is -0.164. The van der Waals surface area contributed by atoms with Gasteiger partial charge in [-0.25, -0.2) is 4.79 Å². The summed E-state index contributed by atoms with van der Waals surface area (Å²) < 4.78 is 0. The lowest BCUT2D eigenvalue weighted by molar-refractivity contribution is 0.223. The number of alkyl halides is 1. The van der Waals surface area contributed by atoms with Crippen molar-refractivity contribution >= 4 is 17.6 Å². The average molecular weight is 135 g/mol. The summed E-state index contributed by atoms with van der Waals surface area (Å²) in [4.78, 5) is 12.0. The van der Waals surface area contributed by atoms with Gasteiger partial charge in [0.05, 0.1) is 6.54 Å². The summed E-state index contributed by atoms with van der Waals surface area (Å²) in [7, 11) is 1.67. The summed E-state index contributed by atoms with van der Waals surface area (Å²) in [6.07, 6.45) is 0. The lowest BCUT2D eigenvalue weighted by Gasteiger charge is -2.08. The van der Waals surface area contributed by atoms with E-state index >= 15 is 0 Å². The van der Waals surface area contributed by atoms with Crippen molar-refractivity contribution in [2.45, 2.75) is 5.50 Å². The Labute approximate surface area is 52.6 Å². The van der Waals surface area contributed by atoms with Gasteiger partial charge in [0.2, 0.25) is 0 Å². The van der Waals surface area contributed by atoms with Crippen LogP contribution in [-0.4, -0.2) is 30.0 Å². The van der Waals surface area contributed by atoms with Gasteiger partial charge in [-0.1, -0.05) is 11.6 Å². The molecule has 1 aliphatic heterocycles. The van der Waals surface area contributed by atoms with Crippen LogP contribution >= 0.6 is 11.6 Å². The molecular weight excluding hydrogens is 128 g/mol. The summed E-state index contributed by atoms with van der Waals surface area (Å²) >= 11 is 5.60. The molecule has 1 fully saturated rings. The molecule has 0 aromatic heterocycles. The fourth-order valence-electron chi connectivity index (χ4n) is 0.560. The topological polar surface area (TPSA) is 32.3 Å². The van der Waals surface area contributed by atoms with Crippen LogP contribution in [0.15, 0.2) is 0 Å². The Morgan fingerprint density at radius 1 is 2.00 bits per heavy atom. The normalized spacial score (nSPS) is 28.5. The van der Waals surface area contributed by atoms with Gasteiger partial charge < -0.3 is 10.2 Å². The summed E-state index contributed by atoms with van der Waals surface area (Å²) in [6.45, 7) is 0.552. The average Bonchev–Trinajstić information content (AvgIpc) is 1.98. The minimum absolute atomic E-state index is 0.0926. The molecule has 1 aliphatic rings. The number of rotatable bonds is 0. The first-order chi connectivity index (χ1) is 3.72. The van der Waals surface area contributed by atoms with E-state index in [9.17, 15) is 4.79 Å². The van der Waals surface area contributed by atoms with Crippen LogP contribution < -0.4 is 5.32 Å². The molecule has 1 heterocycles. The SMILES string of the molecule is CN1C(=O)NCC1Cl. The third-order valence-electron chi connectivity index (χ3n) is 1.16. The van der Waals surface area contributed by atoms with Crippen LogP contribution in [0.4, 0.5) is 4.79 Å². The number of amides is 2. The molecule has 2 amide bonds. The fraction of sp³-hybridized carbons (Fsp3) is 0.750. The fourth-order valence-corrected chi connectivity index (χ4v) is 0.726. The zero-order chi connectivity index (χ0) is 6.15. The third kappa shape index (κ3) is 0.733. The van der Waals surface area contributed by atoms with E-state index in [1.54, 1.807) is 7.05 Å². The van der Waals surface area contributed by atoms with Gasteiger partial charge in [0.15, 0.2) is 0 Å². The standard InChI is InChI=1S/C4H7ClN2O/c1-7-3(5)2-6-4(7)8/h3H,2H2,1H3,(H,6,8). The summed E-state index contributed by atoms with van der Waals surface area (Å²) in [5.41, 5.74) is -0.164. The number of hydrogen-bond acceptors (Lipinski definition) is 1. The minimum Gasteiger partial charge on any atom is -0.335 e. The summed E-state index contributed by atoms with van der Waals surface area (Å²) in [6, 6.07) is -0.0926. The van der Waals surface area contributed by atoms with Crippen LogP contribution in [-0.2, 0) is 0 Å². The molecule has 0 bridgehead atoms. The number of carbonyl (C=O) groups excluding carboxylic acids is 1. The molecule has 4 heteroatoms. The molecular formula is C4H7ClN2O. The summed E-state index contributed by atoms with van der Waals surface area (Å²) in [5.74, 6) is 0. The molecule has 0 saturated carbocycles. The van der Waals surface area contributed by atoms with Crippen molar-refractivity contribution in [3.8, 4) is 0 Å². The molecule has 0 aromatic carbocycles. The third-order valence-corrected chi connectivity index (χ3v) is 1.61. The van der Waals surface area contributed by atoms with Gasteiger partial charge in [0.25, 0.3) is 0 Å². The molecule has 1 atom stereocenters. The van der Waals surface area contributed by atoms with Crippen molar-refractivity contribution in [1.82, 2.24) is 10.2 Å².